The molecule has 1 saturated heterocycles. The lowest BCUT2D eigenvalue weighted by Crippen LogP contribution is -2.18. The predicted molar refractivity (Wildman–Crippen MR) is 61.8 cm³/mol. The lowest BCUT2D eigenvalue weighted by atomic mass is 10.0. The monoisotopic (exact) mass is 279 g/mol. The molecular weight excluding hydrogens is 270 g/mol. The van der Waals surface area contributed by atoms with Gasteiger partial charge in [-0.25, -0.2) is 9.67 Å². The maximum atomic E-state index is 5.59. The summed E-state index contributed by atoms with van der Waals surface area (Å²) < 4.78 is 8.47. The van der Waals surface area contributed by atoms with Crippen LogP contribution in [0.3, 0.4) is 0 Å². The molecule has 1 unspecified atom stereocenters. The van der Waals surface area contributed by atoms with Crippen LogP contribution >= 0.6 is 15.9 Å². The van der Waals surface area contributed by atoms with Crippen molar-refractivity contribution in [2.24, 2.45) is 0 Å². The van der Waals surface area contributed by atoms with Gasteiger partial charge in [-0.05, 0) is 17.7 Å². The topological polar surface area (TPSA) is 43.2 Å². The van der Waals surface area contributed by atoms with Crippen molar-refractivity contribution in [1.29, 1.82) is 0 Å². The maximum Gasteiger partial charge on any atom is 0.137 e. The van der Waals surface area contributed by atoms with Gasteiger partial charge >= 0.3 is 0 Å². The Labute approximate surface area is 101 Å². The highest BCUT2D eigenvalue weighted by molar-refractivity contribution is 9.10. The summed E-state index contributed by atoms with van der Waals surface area (Å²) in [7, 11) is 0. The molecule has 1 aliphatic rings. The Morgan fingerprint density at radius 2 is 2.12 bits per heavy atom. The van der Waals surface area contributed by atoms with Gasteiger partial charge in [0.05, 0.1) is 13.2 Å². The molecule has 0 saturated carbocycles. The Kier molecular flexibility index (Phi) is 2.29. The molecule has 1 aromatic carbocycles. The average Bonchev–Trinajstić information content (AvgIpc) is 2.88. The first-order valence-electron chi connectivity index (χ1n) is 5.01. The Bertz CT molecular complexity index is 476. The van der Waals surface area contributed by atoms with E-state index >= 15 is 0 Å². The molecule has 0 spiro atoms. The van der Waals surface area contributed by atoms with Crippen molar-refractivity contribution >= 4 is 15.9 Å². The van der Waals surface area contributed by atoms with Gasteiger partial charge in [0.15, 0.2) is 0 Å². The second kappa shape index (κ2) is 3.68. The van der Waals surface area contributed by atoms with Crippen LogP contribution in [0.1, 0.15) is 5.56 Å². The van der Waals surface area contributed by atoms with Gasteiger partial charge < -0.3 is 4.74 Å². The number of aromatic nitrogens is 3. The molecule has 1 atom stereocenters. The minimum atomic E-state index is -0.200. The summed E-state index contributed by atoms with van der Waals surface area (Å²) in [5.41, 5.74) is 0.986. The van der Waals surface area contributed by atoms with Crippen LogP contribution in [-0.4, -0.2) is 21.4 Å². The zero-order valence-electron chi connectivity index (χ0n) is 8.51. The fourth-order valence-electron chi connectivity index (χ4n) is 1.77. The van der Waals surface area contributed by atoms with Crippen LogP contribution in [0.4, 0.5) is 0 Å². The molecule has 0 amide bonds. The minimum Gasteiger partial charge on any atom is -0.362 e. The van der Waals surface area contributed by atoms with E-state index in [9.17, 15) is 0 Å². The molecule has 1 fully saturated rings. The van der Waals surface area contributed by atoms with E-state index in [2.05, 4.69) is 38.1 Å². The summed E-state index contributed by atoms with van der Waals surface area (Å²) in [6, 6.07) is 8.21. The second-order valence-electron chi connectivity index (χ2n) is 3.88. The van der Waals surface area contributed by atoms with Crippen LogP contribution in [0.25, 0.3) is 0 Å². The van der Waals surface area contributed by atoms with E-state index in [1.165, 1.54) is 11.9 Å². The molecule has 3 rings (SSSR count). The average molecular weight is 280 g/mol. The van der Waals surface area contributed by atoms with E-state index in [0.717, 1.165) is 11.1 Å². The minimum absolute atomic E-state index is 0.200. The summed E-state index contributed by atoms with van der Waals surface area (Å²) in [5.74, 6) is 0. The van der Waals surface area contributed by atoms with E-state index in [-0.39, 0.29) is 5.60 Å². The number of ether oxygens (including phenoxy) is 1. The molecule has 0 aliphatic carbocycles. The maximum absolute atomic E-state index is 5.59. The van der Waals surface area contributed by atoms with Gasteiger partial charge in [0, 0.05) is 4.47 Å². The first-order valence-corrected chi connectivity index (χ1v) is 5.80. The SMILES string of the molecule is Brc1ccc(C2(Cn3cncn3)CO2)cc1. The largest absolute Gasteiger partial charge is 0.362 e. The van der Waals surface area contributed by atoms with Crippen LogP contribution in [0.5, 0.6) is 0 Å². The van der Waals surface area contributed by atoms with Crippen molar-refractivity contribution in [2.75, 3.05) is 6.61 Å². The first kappa shape index (κ1) is 9.99. The molecule has 2 aromatic rings. The van der Waals surface area contributed by atoms with Gasteiger partial charge in [0.2, 0.25) is 0 Å². The van der Waals surface area contributed by atoms with Gasteiger partial charge in [-0.1, -0.05) is 28.1 Å². The number of halogens is 1. The van der Waals surface area contributed by atoms with Gasteiger partial charge in [0.1, 0.15) is 18.3 Å². The Balaban J connectivity index is 1.86. The van der Waals surface area contributed by atoms with E-state index in [0.29, 0.717) is 6.54 Å². The summed E-state index contributed by atoms with van der Waals surface area (Å²) in [6.07, 6.45) is 3.25. The number of benzene rings is 1. The van der Waals surface area contributed by atoms with Crippen LogP contribution < -0.4 is 0 Å². The molecule has 2 heterocycles. The normalized spacial score (nSPS) is 23.3. The number of nitrogens with zero attached hydrogens (tertiary/aromatic N) is 3. The van der Waals surface area contributed by atoms with E-state index < -0.39 is 0 Å². The van der Waals surface area contributed by atoms with Crippen LogP contribution in [-0.2, 0) is 16.9 Å². The quantitative estimate of drug-likeness (QED) is 0.807. The standard InChI is InChI=1S/C11H10BrN3O/c12-10-3-1-9(2-4-10)11(6-16-11)5-15-8-13-7-14-15/h1-4,7-8H,5-6H2. The molecule has 0 N–H and O–H groups in total. The van der Waals surface area contributed by atoms with Crippen molar-refractivity contribution in [1.82, 2.24) is 14.8 Å². The van der Waals surface area contributed by atoms with E-state index in [4.69, 9.17) is 4.74 Å². The highest BCUT2D eigenvalue weighted by Gasteiger charge is 2.47. The first-order chi connectivity index (χ1) is 7.78. The Morgan fingerprint density at radius 3 is 2.69 bits per heavy atom. The lowest BCUT2D eigenvalue weighted by Gasteiger charge is -2.11. The van der Waals surface area contributed by atoms with Crippen molar-refractivity contribution < 1.29 is 4.74 Å². The molecule has 5 heteroatoms. The highest BCUT2D eigenvalue weighted by atomic mass is 79.9. The van der Waals surface area contributed by atoms with Crippen molar-refractivity contribution in [3.63, 3.8) is 0 Å². The fraction of sp³-hybridized carbons (Fsp3) is 0.273. The van der Waals surface area contributed by atoms with Crippen LogP contribution in [0, 0.1) is 0 Å². The molecule has 16 heavy (non-hydrogen) atoms. The number of hydrogen-bond donors (Lipinski definition) is 0. The molecule has 0 bridgehead atoms. The highest BCUT2D eigenvalue weighted by Crippen LogP contribution is 2.40. The summed E-state index contributed by atoms with van der Waals surface area (Å²) >= 11 is 3.42. The molecule has 4 nitrogen and oxygen atoms in total. The predicted octanol–water partition coefficient (Wildman–Crippen LogP) is 1.97. The second-order valence-corrected chi connectivity index (χ2v) is 4.80. The third kappa shape index (κ3) is 1.76. The number of epoxide rings is 1. The van der Waals surface area contributed by atoms with Gasteiger partial charge in [-0.3, -0.25) is 0 Å². The zero-order chi connectivity index (χ0) is 11.0. The molecular formula is C11H10BrN3O. The third-order valence-corrected chi connectivity index (χ3v) is 3.28. The van der Waals surface area contributed by atoms with Gasteiger partial charge in [-0.15, -0.1) is 0 Å². The van der Waals surface area contributed by atoms with Crippen LogP contribution in [0.2, 0.25) is 0 Å². The molecule has 82 valence electrons. The number of rotatable bonds is 3. The lowest BCUT2D eigenvalue weighted by molar-refractivity contribution is 0.269. The number of hydrogen-bond acceptors (Lipinski definition) is 3. The van der Waals surface area contributed by atoms with E-state index in [1.54, 1.807) is 11.0 Å². The fourth-order valence-corrected chi connectivity index (χ4v) is 2.03. The van der Waals surface area contributed by atoms with Gasteiger partial charge in [0.25, 0.3) is 0 Å². The molecule has 1 aromatic heterocycles. The van der Waals surface area contributed by atoms with Crippen molar-refractivity contribution in [3.8, 4) is 0 Å². The molecule has 1 aliphatic heterocycles. The Morgan fingerprint density at radius 1 is 1.38 bits per heavy atom. The van der Waals surface area contributed by atoms with Crippen LogP contribution in [0.15, 0.2) is 41.4 Å². The zero-order valence-corrected chi connectivity index (χ0v) is 10.1. The summed E-state index contributed by atoms with van der Waals surface area (Å²) in [4.78, 5) is 3.93. The smallest absolute Gasteiger partial charge is 0.137 e. The summed E-state index contributed by atoms with van der Waals surface area (Å²) in [5, 5.41) is 4.10. The Hall–Kier alpha value is -1.20. The van der Waals surface area contributed by atoms with Crippen molar-refractivity contribution in [2.45, 2.75) is 12.1 Å². The van der Waals surface area contributed by atoms with Gasteiger partial charge in [-0.2, -0.15) is 5.10 Å². The van der Waals surface area contributed by atoms with Crippen molar-refractivity contribution in [3.05, 3.63) is 47.0 Å². The molecule has 0 radical (unpaired) electrons. The van der Waals surface area contributed by atoms with E-state index in [1.807, 2.05) is 12.1 Å². The summed E-state index contributed by atoms with van der Waals surface area (Å²) in [6.45, 7) is 1.46. The third-order valence-electron chi connectivity index (χ3n) is 2.75.